The van der Waals surface area contributed by atoms with E-state index in [9.17, 15) is 14.9 Å². The molecule has 0 aliphatic rings. The maximum Gasteiger partial charge on any atom is 0.335 e. The van der Waals surface area contributed by atoms with Crippen molar-refractivity contribution in [2.24, 2.45) is 0 Å². The second-order valence-corrected chi connectivity index (χ2v) is 7.03. The number of aryl methyl sites for hydroxylation is 1. The number of hydrogen-bond donors (Lipinski definition) is 2. The summed E-state index contributed by atoms with van der Waals surface area (Å²) >= 11 is 6.33. The Kier molecular flexibility index (Phi) is 6.05. The van der Waals surface area contributed by atoms with Crippen molar-refractivity contribution < 1.29 is 14.7 Å². The number of carbonyl (C=O) groups excluding carboxylic acids is 1. The van der Waals surface area contributed by atoms with E-state index in [0.29, 0.717) is 16.3 Å². The average Bonchev–Trinajstić information content (AvgIpc) is 2.99. The minimum absolute atomic E-state index is 0.0403. The molecule has 0 atom stereocenters. The van der Waals surface area contributed by atoms with Gasteiger partial charge in [-0.2, -0.15) is 5.26 Å². The van der Waals surface area contributed by atoms with Crippen molar-refractivity contribution in [3.8, 4) is 11.8 Å². The number of nitriles is 1. The lowest BCUT2D eigenvalue weighted by Gasteiger charge is -2.11. The second-order valence-electron chi connectivity index (χ2n) is 6.62. The molecule has 1 heterocycles. The van der Waals surface area contributed by atoms with E-state index in [2.05, 4.69) is 5.32 Å². The van der Waals surface area contributed by atoms with E-state index in [1.54, 1.807) is 12.1 Å². The van der Waals surface area contributed by atoms with Crippen LogP contribution in [0, 0.1) is 25.2 Å². The molecule has 0 bridgehead atoms. The molecule has 3 aromatic rings. The molecule has 0 aliphatic heterocycles. The number of para-hydroxylation sites is 1. The van der Waals surface area contributed by atoms with Crippen molar-refractivity contribution in [1.29, 1.82) is 5.26 Å². The topological polar surface area (TPSA) is 95.1 Å². The monoisotopic (exact) mass is 419 g/mol. The van der Waals surface area contributed by atoms with E-state index in [4.69, 9.17) is 16.7 Å². The van der Waals surface area contributed by atoms with Gasteiger partial charge in [0.1, 0.15) is 11.6 Å². The Labute approximate surface area is 178 Å². The number of nitrogens with zero attached hydrogens (tertiary/aromatic N) is 2. The van der Waals surface area contributed by atoms with Crippen molar-refractivity contribution >= 4 is 35.2 Å². The zero-order chi connectivity index (χ0) is 21.8. The fourth-order valence-electron chi connectivity index (χ4n) is 3.17. The van der Waals surface area contributed by atoms with Gasteiger partial charge in [-0.05, 0) is 61.9 Å². The van der Waals surface area contributed by atoms with Crippen molar-refractivity contribution in [3.05, 3.63) is 87.7 Å². The highest BCUT2D eigenvalue weighted by molar-refractivity contribution is 6.32. The summed E-state index contributed by atoms with van der Waals surface area (Å²) in [6.07, 6.45) is 1.51. The maximum atomic E-state index is 12.6. The highest BCUT2D eigenvalue weighted by atomic mass is 35.5. The van der Waals surface area contributed by atoms with Crippen molar-refractivity contribution in [2.75, 3.05) is 5.32 Å². The van der Waals surface area contributed by atoms with Gasteiger partial charge in [-0.1, -0.05) is 29.8 Å². The van der Waals surface area contributed by atoms with E-state index in [0.717, 1.165) is 17.1 Å². The first-order chi connectivity index (χ1) is 14.3. The summed E-state index contributed by atoms with van der Waals surface area (Å²) in [7, 11) is 0. The molecule has 150 valence electrons. The van der Waals surface area contributed by atoms with Crippen LogP contribution in [0.25, 0.3) is 11.8 Å². The Bertz CT molecular complexity index is 1220. The molecule has 0 saturated carbocycles. The number of rotatable bonds is 5. The van der Waals surface area contributed by atoms with E-state index in [1.165, 1.54) is 24.3 Å². The lowest BCUT2D eigenvalue weighted by Crippen LogP contribution is -2.14. The SMILES string of the molecule is Cc1cc(C=C(C#N)C(=O)Nc2cccc(C(=O)O)c2)c(C)n1-c1ccccc1Cl. The first-order valence-corrected chi connectivity index (χ1v) is 9.40. The van der Waals surface area contributed by atoms with E-state index < -0.39 is 11.9 Å². The zero-order valence-electron chi connectivity index (χ0n) is 16.3. The molecule has 3 rings (SSSR count). The molecule has 0 saturated heterocycles. The number of aromatic carboxylic acids is 1. The number of benzene rings is 2. The quantitative estimate of drug-likeness (QED) is 0.449. The van der Waals surface area contributed by atoms with Gasteiger partial charge in [-0.3, -0.25) is 4.79 Å². The Morgan fingerprint density at radius 2 is 1.87 bits per heavy atom. The highest BCUT2D eigenvalue weighted by Gasteiger charge is 2.15. The number of carboxylic acid groups (broad SMARTS) is 1. The van der Waals surface area contributed by atoms with Gasteiger partial charge >= 0.3 is 5.97 Å². The molecule has 0 radical (unpaired) electrons. The normalized spacial score (nSPS) is 11.1. The number of halogens is 1. The Morgan fingerprint density at radius 3 is 2.53 bits per heavy atom. The third kappa shape index (κ3) is 4.27. The largest absolute Gasteiger partial charge is 0.478 e. The van der Waals surface area contributed by atoms with Crippen LogP contribution < -0.4 is 5.32 Å². The van der Waals surface area contributed by atoms with Crippen LogP contribution in [0.1, 0.15) is 27.3 Å². The number of aromatic nitrogens is 1. The molecule has 0 fully saturated rings. The van der Waals surface area contributed by atoms with Crippen molar-refractivity contribution in [1.82, 2.24) is 4.57 Å². The number of anilines is 1. The molecule has 6 nitrogen and oxygen atoms in total. The molecule has 0 spiro atoms. The average molecular weight is 420 g/mol. The first-order valence-electron chi connectivity index (χ1n) is 9.02. The molecule has 2 N–H and O–H groups in total. The van der Waals surface area contributed by atoms with Crippen LogP contribution >= 0.6 is 11.6 Å². The van der Waals surface area contributed by atoms with E-state index >= 15 is 0 Å². The van der Waals surface area contributed by atoms with Crippen LogP contribution in [0.3, 0.4) is 0 Å². The molecule has 1 amide bonds. The summed E-state index contributed by atoms with van der Waals surface area (Å²) in [5.74, 6) is -1.73. The molecule has 30 heavy (non-hydrogen) atoms. The minimum Gasteiger partial charge on any atom is -0.478 e. The van der Waals surface area contributed by atoms with E-state index in [1.807, 2.05) is 48.7 Å². The Hall–Kier alpha value is -3.82. The number of hydrogen-bond acceptors (Lipinski definition) is 3. The maximum absolute atomic E-state index is 12.6. The predicted molar refractivity (Wildman–Crippen MR) is 116 cm³/mol. The summed E-state index contributed by atoms with van der Waals surface area (Å²) in [5, 5.41) is 21.7. The van der Waals surface area contributed by atoms with Gasteiger partial charge in [0, 0.05) is 17.1 Å². The van der Waals surface area contributed by atoms with Gasteiger partial charge in [0.05, 0.1) is 16.3 Å². The second kappa shape index (κ2) is 8.68. The third-order valence-corrected chi connectivity index (χ3v) is 4.92. The van der Waals surface area contributed by atoms with Gasteiger partial charge in [0.2, 0.25) is 0 Å². The van der Waals surface area contributed by atoms with Crippen LogP contribution in [-0.2, 0) is 4.79 Å². The Balaban J connectivity index is 1.93. The van der Waals surface area contributed by atoms with Crippen molar-refractivity contribution in [3.63, 3.8) is 0 Å². The molecule has 1 aromatic heterocycles. The number of amides is 1. The predicted octanol–water partition coefficient (Wildman–Crippen LogP) is 4.99. The van der Waals surface area contributed by atoms with Gasteiger partial charge in [-0.25, -0.2) is 4.79 Å². The first kappa shape index (κ1) is 20.9. The van der Waals surface area contributed by atoms with Crippen molar-refractivity contribution in [2.45, 2.75) is 13.8 Å². The molecule has 2 aromatic carbocycles. The van der Waals surface area contributed by atoms with Crippen LogP contribution in [0.4, 0.5) is 5.69 Å². The lowest BCUT2D eigenvalue weighted by molar-refractivity contribution is -0.112. The lowest BCUT2D eigenvalue weighted by atomic mass is 10.1. The van der Waals surface area contributed by atoms with Gasteiger partial charge < -0.3 is 15.0 Å². The van der Waals surface area contributed by atoms with Gasteiger partial charge in [0.15, 0.2) is 0 Å². The molecule has 7 heteroatoms. The number of nitrogens with one attached hydrogen (secondary N) is 1. The summed E-state index contributed by atoms with van der Waals surface area (Å²) in [6.45, 7) is 3.79. The summed E-state index contributed by atoms with van der Waals surface area (Å²) < 4.78 is 1.96. The fourth-order valence-corrected chi connectivity index (χ4v) is 3.39. The van der Waals surface area contributed by atoms with Crippen LogP contribution in [-0.4, -0.2) is 21.6 Å². The number of carboxylic acids is 1. The standard InChI is InChI=1S/C23H18ClN3O3/c1-14-10-17(15(2)27(14)21-9-4-3-8-20(21)24)11-18(13-25)22(28)26-19-7-5-6-16(12-19)23(29)30/h3-12H,1-2H3,(H,26,28)(H,29,30). The Morgan fingerprint density at radius 1 is 1.13 bits per heavy atom. The molecule has 0 aliphatic carbocycles. The summed E-state index contributed by atoms with van der Waals surface area (Å²) in [5.41, 5.74) is 3.48. The minimum atomic E-state index is -1.10. The highest BCUT2D eigenvalue weighted by Crippen LogP contribution is 2.27. The van der Waals surface area contributed by atoms with Gasteiger partial charge in [0.25, 0.3) is 5.91 Å². The molecular formula is C23H18ClN3O3. The number of carbonyl (C=O) groups is 2. The summed E-state index contributed by atoms with van der Waals surface area (Å²) in [6, 6.07) is 17.0. The van der Waals surface area contributed by atoms with Crippen LogP contribution in [0.2, 0.25) is 5.02 Å². The van der Waals surface area contributed by atoms with Crippen LogP contribution in [0.5, 0.6) is 0 Å². The third-order valence-electron chi connectivity index (χ3n) is 4.60. The zero-order valence-corrected chi connectivity index (χ0v) is 17.1. The van der Waals surface area contributed by atoms with Gasteiger partial charge in [-0.15, -0.1) is 0 Å². The molecular weight excluding hydrogens is 402 g/mol. The molecule has 0 unspecified atom stereocenters. The van der Waals surface area contributed by atoms with E-state index in [-0.39, 0.29) is 11.1 Å². The fraction of sp³-hybridized carbons (Fsp3) is 0.0870. The summed E-state index contributed by atoms with van der Waals surface area (Å²) in [4.78, 5) is 23.7. The van der Waals surface area contributed by atoms with Crippen LogP contribution in [0.15, 0.2) is 60.2 Å². The smallest absolute Gasteiger partial charge is 0.335 e.